The summed E-state index contributed by atoms with van der Waals surface area (Å²) in [4.78, 5) is 9.05. The third kappa shape index (κ3) is 4.38. The Bertz CT molecular complexity index is 1610. The molecule has 0 saturated heterocycles. The lowest BCUT2D eigenvalue weighted by atomic mass is 10.0. The molecule has 0 saturated carbocycles. The number of pyridine rings is 2. The molecule has 176 valence electrons. The molecule has 8 heteroatoms. The highest BCUT2D eigenvalue weighted by Crippen LogP contribution is 2.29. The average molecular weight is 484 g/mol. The second kappa shape index (κ2) is 8.79. The van der Waals surface area contributed by atoms with Crippen LogP contribution in [0.5, 0.6) is 0 Å². The normalized spacial score (nSPS) is 14.3. The molecular formula is C27H25N5O2S. The van der Waals surface area contributed by atoms with Crippen LogP contribution in [0.15, 0.2) is 85.5 Å². The van der Waals surface area contributed by atoms with Crippen LogP contribution in [-0.2, 0) is 29.5 Å². The Morgan fingerprint density at radius 1 is 0.914 bits per heavy atom. The molecule has 0 unspecified atom stereocenters. The predicted octanol–water partition coefficient (Wildman–Crippen LogP) is 4.72. The molecule has 1 aliphatic rings. The Morgan fingerprint density at radius 2 is 1.66 bits per heavy atom. The molecule has 4 heterocycles. The van der Waals surface area contributed by atoms with Crippen LogP contribution in [0.1, 0.15) is 11.1 Å². The maximum Gasteiger partial charge on any atom is 0.216 e. The van der Waals surface area contributed by atoms with Crippen LogP contribution in [0, 0.1) is 0 Å². The maximum absolute atomic E-state index is 13.2. The summed E-state index contributed by atoms with van der Waals surface area (Å²) in [5, 5.41) is 6.68. The van der Waals surface area contributed by atoms with Crippen molar-refractivity contribution in [3.05, 3.63) is 96.6 Å². The van der Waals surface area contributed by atoms with Crippen LogP contribution in [0.3, 0.4) is 0 Å². The van der Waals surface area contributed by atoms with Gasteiger partial charge in [-0.25, -0.2) is 13.4 Å². The number of sulfonamides is 1. The SMILES string of the molecule is O=S(=O)(CCn1cc2ccccc2c1)N1CCc2c(ccnc2Nc2cnc3ccccc3c2)C1. The zero-order valence-electron chi connectivity index (χ0n) is 19.1. The second-order valence-electron chi connectivity index (χ2n) is 8.86. The quantitative estimate of drug-likeness (QED) is 0.378. The van der Waals surface area contributed by atoms with E-state index in [1.165, 1.54) is 0 Å². The number of nitrogens with zero attached hydrogens (tertiary/aromatic N) is 4. The molecule has 0 spiro atoms. The molecule has 2 aromatic carbocycles. The molecule has 0 amide bonds. The van der Waals surface area contributed by atoms with E-state index in [0.717, 1.165) is 44.3 Å². The fourth-order valence-electron chi connectivity index (χ4n) is 4.71. The monoisotopic (exact) mass is 483 g/mol. The smallest absolute Gasteiger partial charge is 0.216 e. The van der Waals surface area contributed by atoms with Crippen molar-refractivity contribution in [3.63, 3.8) is 0 Å². The van der Waals surface area contributed by atoms with Gasteiger partial charge >= 0.3 is 0 Å². The summed E-state index contributed by atoms with van der Waals surface area (Å²) in [6.45, 7) is 1.23. The molecule has 0 bridgehead atoms. The van der Waals surface area contributed by atoms with Gasteiger partial charge in [0.25, 0.3) is 0 Å². The van der Waals surface area contributed by atoms with Crippen molar-refractivity contribution < 1.29 is 8.42 Å². The van der Waals surface area contributed by atoms with E-state index in [0.29, 0.717) is 26.1 Å². The zero-order valence-corrected chi connectivity index (χ0v) is 19.9. The first kappa shape index (κ1) is 21.8. The molecule has 0 aliphatic carbocycles. The number of para-hydroxylation sites is 1. The van der Waals surface area contributed by atoms with Gasteiger partial charge in [-0.3, -0.25) is 4.98 Å². The molecule has 0 radical (unpaired) electrons. The molecule has 3 aromatic heterocycles. The van der Waals surface area contributed by atoms with E-state index in [1.54, 1.807) is 16.7 Å². The minimum atomic E-state index is -3.40. The van der Waals surface area contributed by atoms with Crippen molar-refractivity contribution >= 4 is 43.2 Å². The minimum Gasteiger partial charge on any atom is -0.352 e. The lowest BCUT2D eigenvalue weighted by Gasteiger charge is -2.29. The van der Waals surface area contributed by atoms with Gasteiger partial charge in [-0.2, -0.15) is 4.31 Å². The van der Waals surface area contributed by atoms with Crippen LogP contribution < -0.4 is 5.32 Å². The van der Waals surface area contributed by atoms with E-state index in [-0.39, 0.29) is 5.75 Å². The summed E-state index contributed by atoms with van der Waals surface area (Å²) >= 11 is 0. The highest BCUT2D eigenvalue weighted by atomic mass is 32.2. The molecule has 0 fully saturated rings. The van der Waals surface area contributed by atoms with Crippen molar-refractivity contribution in [2.24, 2.45) is 0 Å². The Hall–Kier alpha value is -3.75. The molecule has 6 rings (SSSR count). The van der Waals surface area contributed by atoms with Crippen molar-refractivity contribution in [1.29, 1.82) is 0 Å². The van der Waals surface area contributed by atoms with Gasteiger partial charge in [0.15, 0.2) is 0 Å². The summed E-state index contributed by atoms with van der Waals surface area (Å²) in [6, 6.07) is 20.0. The van der Waals surface area contributed by atoms with Gasteiger partial charge in [-0.15, -0.1) is 0 Å². The topological polar surface area (TPSA) is 80.1 Å². The molecule has 5 aromatic rings. The fourth-order valence-corrected chi connectivity index (χ4v) is 6.11. The number of anilines is 2. The van der Waals surface area contributed by atoms with Crippen LogP contribution in [0.4, 0.5) is 11.5 Å². The van der Waals surface area contributed by atoms with Crippen LogP contribution in [0.2, 0.25) is 0 Å². The van der Waals surface area contributed by atoms with Gasteiger partial charge < -0.3 is 9.88 Å². The average Bonchev–Trinajstić information content (AvgIpc) is 3.31. The predicted molar refractivity (Wildman–Crippen MR) is 139 cm³/mol. The lowest BCUT2D eigenvalue weighted by Crippen LogP contribution is -2.38. The Labute approximate surface area is 204 Å². The van der Waals surface area contributed by atoms with Crippen molar-refractivity contribution in [3.8, 4) is 0 Å². The van der Waals surface area contributed by atoms with E-state index in [2.05, 4.69) is 15.3 Å². The summed E-state index contributed by atoms with van der Waals surface area (Å²) in [5.74, 6) is 0.832. The van der Waals surface area contributed by atoms with E-state index < -0.39 is 10.0 Å². The van der Waals surface area contributed by atoms with Crippen LogP contribution >= 0.6 is 0 Å². The van der Waals surface area contributed by atoms with Gasteiger partial charge in [0.1, 0.15) is 5.82 Å². The largest absolute Gasteiger partial charge is 0.352 e. The van der Waals surface area contributed by atoms with Crippen molar-refractivity contribution in [2.75, 3.05) is 17.6 Å². The third-order valence-corrected chi connectivity index (χ3v) is 8.37. The van der Waals surface area contributed by atoms with E-state index >= 15 is 0 Å². The highest BCUT2D eigenvalue weighted by Gasteiger charge is 2.28. The zero-order chi connectivity index (χ0) is 23.8. The van der Waals surface area contributed by atoms with Gasteiger partial charge in [-0.1, -0.05) is 42.5 Å². The van der Waals surface area contributed by atoms with Gasteiger partial charge in [0, 0.05) is 49.2 Å². The fraction of sp³-hybridized carbons (Fsp3) is 0.185. The molecule has 0 atom stereocenters. The molecule has 1 N–H and O–H groups in total. The van der Waals surface area contributed by atoms with Crippen LogP contribution in [0.25, 0.3) is 21.7 Å². The summed E-state index contributed by atoms with van der Waals surface area (Å²) < 4.78 is 29.9. The number of hydrogen-bond acceptors (Lipinski definition) is 5. The van der Waals surface area contributed by atoms with Gasteiger partial charge in [0.2, 0.25) is 10.0 Å². The lowest BCUT2D eigenvalue weighted by molar-refractivity contribution is 0.390. The molecular weight excluding hydrogens is 458 g/mol. The number of aromatic nitrogens is 3. The minimum absolute atomic E-state index is 0.0717. The second-order valence-corrected chi connectivity index (χ2v) is 11.0. The highest BCUT2D eigenvalue weighted by molar-refractivity contribution is 7.89. The first-order valence-electron chi connectivity index (χ1n) is 11.7. The number of fused-ring (bicyclic) bond motifs is 3. The first-order chi connectivity index (χ1) is 17.0. The van der Waals surface area contributed by atoms with Crippen molar-refractivity contribution in [1.82, 2.24) is 18.8 Å². The number of nitrogens with one attached hydrogen (secondary N) is 1. The van der Waals surface area contributed by atoms with E-state index in [4.69, 9.17) is 0 Å². The number of rotatable bonds is 6. The van der Waals surface area contributed by atoms with Crippen LogP contribution in [-0.4, -0.2) is 39.6 Å². The Balaban J connectivity index is 1.17. The van der Waals surface area contributed by atoms with E-state index in [9.17, 15) is 8.42 Å². The molecule has 1 aliphatic heterocycles. The Morgan fingerprint density at radius 3 is 2.46 bits per heavy atom. The van der Waals surface area contributed by atoms with Crippen molar-refractivity contribution in [2.45, 2.75) is 19.5 Å². The number of hydrogen-bond donors (Lipinski definition) is 1. The van der Waals surface area contributed by atoms with Gasteiger partial charge in [-0.05, 0) is 41.0 Å². The maximum atomic E-state index is 13.2. The van der Waals surface area contributed by atoms with Gasteiger partial charge in [0.05, 0.1) is 23.2 Å². The summed E-state index contributed by atoms with van der Waals surface area (Å²) in [7, 11) is -3.40. The molecule has 7 nitrogen and oxygen atoms in total. The number of benzene rings is 2. The van der Waals surface area contributed by atoms with E-state index in [1.807, 2.05) is 77.6 Å². The number of aryl methyl sites for hydroxylation is 1. The Kier molecular flexibility index (Phi) is 5.47. The third-order valence-electron chi connectivity index (χ3n) is 6.57. The first-order valence-corrected chi connectivity index (χ1v) is 13.3. The molecule has 35 heavy (non-hydrogen) atoms. The summed E-state index contributed by atoms with van der Waals surface area (Å²) in [5.41, 5.74) is 3.84. The summed E-state index contributed by atoms with van der Waals surface area (Å²) in [6.07, 6.45) is 8.15. The standard InChI is InChI=1S/C27H25N5O2S/c33-35(34,14-13-31-17-21-6-1-2-7-22(21)18-31)32-12-10-25-23(19-32)9-11-28-27(25)30-24-15-20-5-3-4-8-26(20)29-16-24/h1-9,11,15-18H,10,12-14,19H2,(H,28,30).